The molecule has 0 fully saturated rings. The zero-order valence-corrected chi connectivity index (χ0v) is 17.5. The molecule has 0 unspecified atom stereocenters. The van der Waals surface area contributed by atoms with Crippen LogP contribution in [0.3, 0.4) is 0 Å². The Morgan fingerprint density at radius 3 is 2.33 bits per heavy atom. The van der Waals surface area contributed by atoms with Gasteiger partial charge < -0.3 is 25.4 Å². The molecule has 0 spiro atoms. The second-order valence-corrected chi connectivity index (χ2v) is 6.95. The second kappa shape index (κ2) is 10.8. The number of urea groups is 1. The van der Waals surface area contributed by atoms with Crippen molar-refractivity contribution in [3.63, 3.8) is 0 Å². The SMILES string of the molecule is COc1cccc(NC(=O)[C@@H](C)OC(=O)c2ccc(CNC(=O)NC(C)C)cc2)c1. The number of hydrogen-bond donors (Lipinski definition) is 3. The molecule has 0 radical (unpaired) electrons. The number of hydrogen-bond acceptors (Lipinski definition) is 5. The van der Waals surface area contributed by atoms with Gasteiger partial charge in [-0.05, 0) is 50.6 Å². The molecule has 2 rings (SSSR count). The summed E-state index contributed by atoms with van der Waals surface area (Å²) < 4.78 is 10.4. The zero-order chi connectivity index (χ0) is 22.1. The van der Waals surface area contributed by atoms with E-state index in [4.69, 9.17) is 9.47 Å². The molecule has 8 heteroatoms. The predicted octanol–water partition coefficient (Wildman–Crippen LogP) is 3.09. The Morgan fingerprint density at radius 1 is 1.00 bits per heavy atom. The number of carbonyl (C=O) groups is 3. The number of benzene rings is 2. The van der Waals surface area contributed by atoms with Crippen LogP contribution >= 0.6 is 0 Å². The van der Waals surface area contributed by atoms with Crippen LogP contribution in [0.2, 0.25) is 0 Å². The van der Waals surface area contributed by atoms with Gasteiger partial charge in [-0.25, -0.2) is 9.59 Å². The monoisotopic (exact) mass is 413 g/mol. The Morgan fingerprint density at radius 2 is 1.70 bits per heavy atom. The number of methoxy groups -OCH3 is 1. The van der Waals surface area contributed by atoms with E-state index in [-0.39, 0.29) is 12.1 Å². The Labute approximate surface area is 175 Å². The van der Waals surface area contributed by atoms with E-state index >= 15 is 0 Å². The quantitative estimate of drug-likeness (QED) is 0.577. The summed E-state index contributed by atoms with van der Waals surface area (Å²) >= 11 is 0. The van der Waals surface area contributed by atoms with Crippen molar-refractivity contribution in [3.05, 3.63) is 59.7 Å². The van der Waals surface area contributed by atoms with Gasteiger partial charge in [0, 0.05) is 24.3 Å². The van der Waals surface area contributed by atoms with Gasteiger partial charge >= 0.3 is 12.0 Å². The van der Waals surface area contributed by atoms with Crippen LogP contribution < -0.4 is 20.7 Å². The number of ether oxygens (including phenoxy) is 2. The molecule has 0 saturated heterocycles. The van der Waals surface area contributed by atoms with Crippen LogP contribution in [0, 0.1) is 0 Å². The van der Waals surface area contributed by atoms with Crippen LogP contribution in [-0.4, -0.2) is 37.2 Å². The first-order chi connectivity index (χ1) is 14.3. The van der Waals surface area contributed by atoms with E-state index in [0.29, 0.717) is 23.5 Å². The standard InChI is InChI=1S/C22H27N3O5/c1-14(2)24-22(28)23-13-16-8-10-17(11-9-16)21(27)30-15(3)20(26)25-18-6-5-7-19(12-18)29-4/h5-12,14-15H,13H2,1-4H3,(H,25,26)(H2,23,24,28)/t15-/m1/s1. The number of amides is 3. The molecular formula is C22H27N3O5. The van der Waals surface area contributed by atoms with Gasteiger partial charge in [0.05, 0.1) is 12.7 Å². The molecular weight excluding hydrogens is 386 g/mol. The summed E-state index contributed by atoms with van der Waals surface area (Å²) in [5.41, 5.74) is 1.68. The number of carbonyl (C=O) groups excluding carboxylic acids is 3. The molecule has 30 heavy (non-hydrogen) atoms. The van der Waals surface area contributed by atoms with Crippen LogP contribution in [0.4, 0.5) is 10.5 Å². The van der Waals surface area contributed by atoms with Crippen molar-refractivity contribution < 1.29 is 23.9 Å². The third-order valence-electron chi connectivity index (χ3n) is 4.05. The topological polar surface area (TPSA) is 106 Å². The Bertz CT molecular complexity index is 881. The summed E-state index contributed by atoms with van der Waals surface area (Å²) in [5, 5.41) is 8.14. The molecule has 2 aromatic rings. The number of nitrogens with one attached hydrogen (secondary N) is 3. The van der Waals surface area contributed by atoms with E-state index < -0.39 is 18.0 Å². The van der Waals surface area contributed by atoms with E-state index in [9.17, 15) is 14.4 Å². The highest BCUT2D eigenvalue weighted by Crippen LogP contribution is 2.17. The number of anilines is 1. The average Bonchev–Trinajstić information content (AvgIpc) is 2.72. The lowest BCUT2D eigenvalue weighted by Crippen LogP contribution is -2.39. The number of rotatable bonds is 8. The highest BCUT2D eigenvalue weighted by Gasteiger charge is 2.19. The minimum Gasteiger partial charge on any atom is -0.497 e. The first kappa shape index (κ1) is 22.7. The van der Waals surface area contributed by atoms with Gasteiger partial charge in [-0.1, -0.05) is 18.2 Å². The summed E-state index contributed by atoms with van der Waals surface area (Å²) in [4.78, 5) is 36.2. The first-order valence-corrected chi connectivity index (χ1v) is 9.57. The average molecular weight is 413 g/mol. The van der Waals surface area contributed by atoms with Crippen molar-refractivity contribution in [2.45, 2.75) is 39.5 Å². The van der Waals surface area contributed by atoms with Gasteiger partial charge in [0.15, 0.2) is 6.10 Å². The van der Waals surface area contributed by atoms with Crippen molar-refractivity contribution in [2.24, 2.45) is 0 Å². The fourth-order valence-electron chi connectivity index (χ4n) is 2.48. The Kier molecular flexibility index (Phi) is 8.22. The lowest BCUT2D eigenvalue weighted by Gasteiger charge is -2.14. The molecule has 3 amide bonds. The van der Waals surface area contributed by atoms with Crippen LogP contribution in [0.1, 0.15) is 36.7 Å². The molecule has 0 aliphatic rings. The summed E-state index contributed by atoms with van der Waals surface area (Å²) in [6.45, 7) is 5.57. The Hall–Kier alpha value is -3.55. The van der Waals surface area contributed by atoms with E-state index in [1.165, 1.54) is 14.0 Å². The maximum atomic E-state index is 12.3. The lowest BCUT2D eigenvalue weighted by molar-refractivity contribution is -0.123. The molecule has 2 aromatic carbocycles. The molecule has 3 N–H and O–H groups in total. The third kappa shape index (κ3) is 7.12. The van der Waals surface area contributed by atoms with E-state index in [2.05, 4.69) is 16.0 Å². The van der Waals surface area contributed by atoms with Crippen molar-refractivity contribution in [1.82, 2.24) is 10.6 Å². The van der Waals surface area contributed by atoms with Gasteiger partial charge in [-0.15, -0.1) is 0 Å². The second-order valence-electron chi connectivity index (χ2n) is 6.95. The van der Waals surface area contributed by atoms with Crippen LogP contribution in [-0.2, 0) is 16.1 Å². The van der Waals surface area contributed by atoms with E-state index in [0.717, 1.165) is 5.56 Å². The fraction of sp³-hybridized carbons (Fsp3) is 0.318. The molecule has 0 heterocycles. The summed E-state index contributed by atoms with van der Waals surface area (Å²) in [7, 11) is 1.53. The van der Waals surface area contributed by atoms with E-state index in [1.807, 2.05) is 13.8 Å². The highest BCUT2D eigenvalue weighted by molar-refractivity contribution is 5.97. The summed E-state index contributed by atoms with van der Waals surface area (Å²) in [6.07, 6.45) is -0.982. The van der Waals surface area contributed by atoms with Crippen molar-refractivity contribution in [3.8, 4) is 5.75 Å². The smallest absolute Gasteiger partial charge is 0.338 e. The van der Waals surface area contributed by atoms with Crippen molar-refractivity contribution in [1.29, 1.82) is 0 Å². The minimum atomic E-state index is -0.982. The maximum absolute atomic E-state index is 12.3. The third-order valence-corrected chi connectivity index (χ3v) is 4.05. The van der Waals surface area contributed by atoms with Gasteiger partial charge in [-0.3, -0.25) is 4.79 Å². The molecule has 1 atom stereocenters. The predicted molar refractivity (Wildman–Crippen MR) is 113 cm³/mol. The molecule has 0 aliphatic carbocycles. The molecule has 0 saturated carbocycles. The molecule has 0 bridgehead atoms. The fourth-order valence-corrected chi connectivity index (χ4v) is 2.48. The molecule has 0 aromatic heterocycles. The van der Waals surface area contributed by atoms with Gasteiger partial charge in [-0.2, -0.15) is 0 Å². The summed E-state index contributed by atoms with van der Waals surface area (Å²) in [6, 6.07) is 13.3. The normalized spacial score (nSPS) is 11.4. The molecule has 160 valence electrons. The van der Waals surface area contributed by atoms with Crippen LogP contribution in [0.25, 0.3) is 0 Å². The molecule has 0 aliphatic heterocycles. The first-order valence-electron chi connectivity index (χ1n) is 9.57. The number of esters is 1. The van der Waals surface area contributed by atoms with Gasteiger partial charge in [0.2, 0.25) is 0 Å². The Balaban J connectivity index is 1.87. The van der Waals surface area contributed by atoms with Crippen molar-refractivity contribution in [2.75, 3.05) is 12.4 Å². The van der Waals surface area contributed by atoms with Crippen LogP contribution in [0.15, 0.2) is 48.5 Å². The van der Waals surface area contributed by atoms with E-state index in [1.54, 1.807) is 48.5 Å². The maximum Gasteiger partial charge on any atom is 0.338 e. The minimum absolute atomic E-state index is 0.0465. The molecule has 8 nitrogen and oxygen atoms in total. The summed E-state index contributed by atoms with van der Waals surface area (Å²) in [5.74, 6) is -0.456. The zero-order valence-electron chi connectivity index (χ0n) is 17.5. The van der Waals surface area contributed by atoms with Gasteiger partial charge in [0.25, 0.3) is 5.91 Å². The van der Waals surface area contributed by atoms with Crippen molar-refractivity contribution >= 4 is 23.6 Å². The lowest BCUT2D eigenvalue weighted by atomic mass is 10.1. The largest absolute Gasteiger partial charge is 0.497 e. The van der Waals surface area contributed by atoms with Gasteiger partial charge in [0.1, 0.15) is 5.75 Å². The highest BCUT2D eigenvalue weighted by atomic mass is 16.5. The van der Waals surface area contributed by atoms with Crippen LogP contribution in [0.5, 0.6) is 5.75 Å².